The van der Waals surface area contributed by atoms with Crippen molar-refractivity contribution in [1.82, 2.24) is 5.32 Å². The zero-order valence-electron chi connectivity index (χ0n) is 59.7. The average molecular weight is 1240 g/mol. The molecule has 6 nitrogen and oxygen atoms in total. The molecule has 0 spiro atoms. The van der Waals surface area contributed by atoms with E-state index in [9.17, 15) is 19.8 Å². The number of carbonyl (C=O) groups excluding carboxylic acids is 2. The second kappa shape index (κ2) is 77.5. The number of amides is 1. The summed E-state index contributed by atoms with van der Waals surface area (Å²) in [5.74, 6) is -0.0406. The first kappa shape index (κ1) is 86.1. The molecule has 0 saturated carbocycles. The number of unbranched alkanes of at least 4 members (excludes halogenated alkanes) is 61. The zero-order chi connectivity index (χ0) is 63.5. The molecule has 0 radical (unpaired) electrons. The first-order valence-electron chi connectivity index (χ1n) is 40.3. The van der Waals surface area contributed by atoms with Gasteiger partial charge in [0, 0.05) is 12.8 Å². The van der Waals surface area contributed by atoms with E-state index in [0.717, 1.165) is 44.9 Å². The summed E-state index contributed by atoms with van der Waals surface area (Å²) in [6, 6.07) is -0.627. The van der Waals surface area contributed by atoms with Crippen LogP contribution in [-0.4, -0.2) is 47.4 Å². The van der Waals surface area contributed by atoms with E-state index in [1.807, 2.05) is 6.08 Å². The number of esters is 1. The van der Waals surface area contributed by atoms with Crippen LogP contribution in [-0.2, 0) is 14.3 Å². The lowest BCUT2D eigenvalue weighted by molar-refractivity contribution is -0.143. The van der Waals surface area contributed by atoms with Gasteiger partial charge in [-0.15, -0.1) is 0 Å². The molecule has 0 aromatic rings. The highest BCUT2D eigenvalue weighted by molar-refractivity contribution is 5.76. The van der Waals surface area contributed by atoms with Crippen molar-refractivity contribution < 1.29 is 24.5 Å². The molecule has 88 heavy (non-hydrogen) atoms. The number of hydrogen-bond donors (Lipinski definition) is 3. The van der Waals surface area contributed by atoms with Gasteiger partial charge in [-0.05, 0) is 64.2 Å². The largest absolute Gasteiger partial charge is 0.466 e. The standard InChI is InChI=1S/C82H157NO5/c1-3-5-7-9-11-13-15-17-18-19-20-21-39-42-45-48-51-54-58-62-66-70-74-80(85)79(78-84)83-81(86)75-71-67-63-59-55-52-49-46-43-40-37-35-33-31-29-27-25-23-22-24-26-28-30-32-34-36-38-41-44-47-50-53-57-61-65-69-73-77-88-82(87)76-72-68-64-60-56-16-14-12-10-8-6-4-2/h22,24,28,30,70,74,79-80,84-85H,3-21,23,25-27,29,31-69,71-73,75-78H2,1-2H3,(H,83,86)/b24-22-,30-28-,74-70+. The highest BCUT2D eigenvalue weighted by Gasteiger charge is 2.18. The van der Waals surface area contributed by atoms with Crippen LogP contribution >= 0.6 is 0 Å². The molecule has 0 aliphatic rings. The number of aliphatic hydroxyl groups excluding tert-OH is 2. The first-order valence-corrected chi connectivity index (χ1v) is 40.3. The van der Waals surface area contributed by atoms with E-state index in [1.54, 1.807) is 6.08 Å². The Hall–Kier alpha value is -1.92. The summed E-state index contributed by atoms with van der Waals surface area (Å²) in [5.41, 5.74) is 0. The number of hydrogen-bond acceptors (Lipinski definition) is 5. The van der Waals surface area contributed by atoms with Crippen LogP contribution in [0.1, 0.15) is 450 Å². The highest BCUT2D eigenvalue weighted by atomic mass is 16.5. The summed E-state index contributed by atoms with van der Waals surface area (Å²) in [7, 11) is 0. The van der Waals surface area contributed by atoms with Gasteiger partial charge >= 0.3 is 5.97 Å². The molecule has 1 amide bonds. The molecule has 0 rings (SSSR count). The van der Waals surface area contributed by atoms with Crippen molar-refractivity contribution in [3.05, 3.63) is 36.5 Å². The first-order chi connectivity index (χ1) is 43.5. The Morgan fingerprint density at radius 1 is 0.318 bits per heavy atom. The van der Waals surface area contributed by atoms with E-state index in [1.165, 1.54) is 379 Å². The molecule has 6 heteroatoms. The van der Waals surface area contributed by atoms with Crippen LogP contribution in [0, 0.1) is 0 Å². The highest BCUT2D eigenvalue weighted by Crippen LogP contribution is 2.20. The molecule has 2 unspecified atom stereocenters. The van der Waals surface area contributed by atoms with Gasteiger partial charge in [0.2, 0.25) is 5.91 Å². The summed E-state index contributed by atoms with van der Waals surface area (Å²) >= 11 is 0. The van der Waals surface area contributed by atoms with Crippen LogP contribution in [0.3, 0.4) is 0 Å². The van der Waals surface area contributed by atoms with Crippen molar-refractivity contribution in [3.63, 3.8) is 0 Å². The van der Waals surface area contributed by atoms with Gasteiger partial charge in [0.1, 0.15) is 0 Å². The van der Waals surface area contributed by atoms with Crippen LogP contribution in [0.25, 0.3) is 0 Å². The van der Waals surface area contributed by atoms with E-state index >= 15 is 0 Å². The maximum atomic E-state index is 12.5. The minimum atomic E-state index is -0.844. The Morgan fingerprint density at radius 3 is 0.864 bits per heavy atom. The Kier molecular flexibility index (Phi) is 75.8. The molecule has 0 aromatic heterocycles. The van der Waals surface area contributed by atoms with Gasteiger partial charge < -0.3 is 20.3 Å². The lowest BCUT2D eigenvalue weighted by Crippen LogP contribution is -2.45. The third-order valence-corrected chi connectivity index (χ3v) is 18.9. The van der Waals surface area contributed by atoms with Crippen LogP contribution in [0.15, 0.2) is 36.5 Å². The number of nitrogens with one attached hydrogen (secondary N) is 1. The summed E-state index contributed by atoms with van der Waals surface area (Å²) in [6.45, 7) is 4.95. The average Bonchev–Trinajstić information content (AvgIpc) is 3.54. The van der Waals surface area contributed by atoms with Crippen LogP contribution in [0.4, 0.5) is 0 Å². The molecule has 0 aliphatic carbocycles. The van der Waals surface area contributed by atoms with Crippen molar-refractivity contribution in [2.45, 2.75) is 463 Å². The molecule has 0 heterocycles. The summed E-state index contributed by atoms with van der Waals surface area (Å²) in [4.78, 5) is 24.6. The Bertz CT molecular complexity index is 1430. The number of rotatable bonds is 76. The van der Waals surface area contributed by atoms with E-state index in [0.29, 0.717) is 19.4 Å². The minimum absolute atomic E-state index is 0.0199. The lowest BCUT2D eigenvalue weighted by atomic mass is 10.0. The minimum Gasteiger partial charge on any atom is -0.466 e. The van der Waals surface area contributed by atoms with E-state index in [2.05, 4.69) is 43.5 Å². The monoisotopic (exact) mass is 1240 g/mol. The molecule has 520 valence electrons. The fourth-order valence-corrected chi connectivity index (χ4v) is 12.8. The molecule has 0 bridgehead atoms. The molecule has 3 N–H and O–H groups in total. The van der Waals surface area contributed by atoms with Crippen molar-refractivity contribution in [2.24, 2.45) is 0 Å². The van der Waals surface area contributed by atoms with Gasteiger partial charge in [0.15, 0.2) is 0 Å². The Morgan fingerprint density at radius 2 is 0.568 bits per heavy atom. The molecule has 0 saturated heterocycles. The number of carbonyl (C=O) groups is 2. The van der Waals surface area contributed by atoms with Crippen molar-refractivity contribution in [3.8, 4) is 0 Å². The fourth-order valence-electron chi connectivity index (χ4n) is 12.8. The summed E-state index contributed by atoms with van der Waals surface area (Å²) in [6.07, 6.45) is 101. The number of ether oxygens (including phenoxy) is 1. The quantitative estimate of drug-likeness (QED) is 0.0320. The van der Waals surface area contributed by atoms with Gasteiger partial charge in [0.25, 0.3) is 0 Å². The van der Waals surface area contributed by atoms with Crippen LogP contribution in [0.2, 0.25) is 0 Å². The molecular weight excluding hydrogens is 1080 g/mol. The maximum absolute atomic E-state index is 12.5. The van der Waals surface area contributed by atoms with Gasteiger partial charge in [-0.1, -0.05) is 410 Å². The number of aliphatic hydroxyl groups is 2. The van der Waals surface area contributed by atoms with Gasteiger partial charge in [-0.2, -0.15) is 0 Å². The summed E-state index contributed by atoms with van der Waals surface area (Å²) in [5, 5.41) is 23.3. The van der Waals surface area contributed by atoms with Crippen molar-refractivity contribution in [1.29, 1.82) is 0 Å². The predicted octanol–water partition coefficient (Wildman–Crippen LogP) is 26.6. The van der Waals surface area contributed by atoms with E-state index < -0.39 is 12.1 Å². The van der Waals surface area contributed by atoms with Crippen LogP contribution < -0.4 is 5.32 Å². The Labute approximate surface area is 551 Å². The maximum Gasteiger partial charge on any atom is 0.305 e. The molecule has 0 aliphatic heterocycles. The van der Waals surface area contributed by atoms with Gasteiger partial charge in [-0.3, -0.25) is 9.59 Å². The third kappa shape index (κ3) is 73.1. The van der Waals surface area contributed by atoms with Crippen LogP contribution in [0.5, 0.6) is 0 Å². The van der Waals surface area contributed by atoms with Gasteiger partial charge in [0.05, 0.1) is 25.4 Å². The zero-order valence-corrected chi connectivity index (χ0v) is 59.7. The summed E-state index contributed by atoms with van der Waals surface area (Å²) < 4.78 is 5.49. The molecular formula is C82H157NO5. The predicted molar refractivity (Wildman–Crippen MR) is 389 cm³/mol. The van der Waals surface area contributed by atoms with Gasteiger partial charge in [-0.25, -0.2) is 0 Å². The number of allylic oxidation sites excluding steroid dienone is 5. The van der Waals surface area contributed by atoms with E-state index in [4.69, 9.17) is 4.74 Å². The Balaban J connectivity index is 3.38. The lowest BCUT2D eigenvalue weighted by Gasteiger charge is -2.20. The molecule has 2 atom stereocenters. The SMILES string of the molecule is CCCCCCCCCCCCCCCCCCCCCC/C=C/C(O)C(CO)NC(=O)CCCCCCCCCCCCCCCCCCC/C=C\C/C=C\CCCCCCCCCCCCCCCOC(=O)CCCCCCCCCCCCCC. The topological polar surface area (TPSA) is 95.9 Å². The smallest absolute Gasteiger partial charge is 0.305 e. The third-order valence-electron chi connectivity index (χ3n) is 18.9. The van der Waals surface area contributed by atoms with E-state index in [-0.39, 0.29) is 18.5 Å². The fraction of sp³-hybridized carbons (Fsp3) is 0.902. The molecule has 0 fully saturated rings. The normalized spacial score (nSPS) is 12.6. The van der Waals surface area contributed by atoms with Crippen molar-refractivity contribution >= 4 is 11.9 Å². The second-order valence-electron chi connectivity index (χ2n) is 27.8. The second-order valence-corrected chi connectivity index (χ2v) is 27.8. The van der Waals surface area contributed by atoms with Crippen molar-refractivity contribution in [2.75, 3.05) is 13.2 Å². The molecule has 0 aromatic carbocycles.